The van der Waals surface area contributed by atoms with Gasteiger partial charge in [-0.3, -0.25) is 0 Å². The molecule has 0 spiro atoms. The lowest BCUT2D eigenvalue weighted by Crippen LogP contribution is -2.40. The largest absolute Gasteiger partial charge is 0.427 e. The zero-order valence-electron chi connectivity index (χ0n) is 12.3. The summed E-state index contributed by atoms with van der Waals surface area (Å²) in [5, 5.41) is 0. The van der Waals surface area contributed by atoms with E-state index in [4.69, 9.17) is 0 Å². The number of hydrogen-bond acceptors (Lipinski definition) is 2. The molecule has 2 aromatic carbocycles. The maximum Gasteiger partial charge on any atom is 0.249 e. The van der Waals surface area contributed by atoms with E-state index in [0.29, 0.717) is 11.0 Å². The van der Waals surface area contributed by atoms with Crippen molar-refractivity contribution >= 4 is 25.5 Å². The van der Waals surface area contributed by atoms with Crippen molar-refractivity contribution < 1.29 is 26.7 Å². The predicted molar refractivity (Wildman–Crippen MR) is 79.7 cm³/mol. The summed E-state index contributed by atoms with van der Waals surface area (Å²) in [7, 11) is -1.49. The molecule has 0 unspecified atom stereocenters. The summed E-state index contributed by atoms with van der Waals surface area (Å²) < 4.78 is 68.6. The number of rotatable bonds is 3. The number of aromatic nitrogens is 2. The monoisotopic (exact) mass is 358 g/mol. The first kappa shape index (κ1) is 16.6. The van der Waals surface area contributed by atoms with Crippen molar-refractivity contribution in [3.63, 3.8) is 0 Å². The van der Waals surface area contributed by atoms with Crippen LogP contribution in [0.1, 0.15) is 5.56 Å². The van der Waals surface area contributed by atoms with E-state index in [-0.39, 0.29) is 5.45 Å². The Labute approximate surface area is 134 Å². The summed E-state index contributed by atoms with van der Waals surface area (Å²) in [6.45, 7) is 0. The maximum atomic E-state index is 13.7. The Hall–Kier alpha value is -2.26. The molecule has 1 heterocycles. The summed E-state index contributed by atoms with van der Waals surface area (Å²) in [4.78, 5) is 14.5. The molecule has 126 valence electrons. The van der Waals surface area contributed by atoms with Crippen LogP contribution in [-0.2, 0) is 13.1 Å². The van der Waals surface area contributed by atoms with Crippen LogP contribution in [0.3, 0.4) is 0 Å². The van der Waals surface area contributed by atoms with Crippen LogP contribution >= 0.6 is 0 Å². The molecule has 9 heteroatoms. The second kappa shape index (κ2) is 5.99. The maximum absolute atomic E-state index is 13.7. The predicted octanol–water partition coefficient (Wildman–Crippen LogP) is 1.97. The molecule has 0 bridgehead atoms. The summed E-state index contributed by atoms with van der Waals surface area (Å²) >= 11 is 0. The van der Waals surface area contributed by atoms with E-state index in [1.165, 1.54) is 0 Å². The highest BCUT2D eigenvalue weighted by Crippen LogP contribution is 2.23. The van der Waals surface area contributed by atoms with Gasteiger partial charge in [-0.05, 0) is 12.1 Å². The van der Waals surface area contributed by atoms with Gasteiger partial charge in [0.1, 0.15) is 5.45 Å². The van der Waals surface area contributed by atoms with Gasteiger partial charge in [0.25, 0.3) is 0 Å². The molecule has 3 rings (SSSR count). The molecule has 1 aromatic heterocycles. The van der Waals surface area contributed by atoms with Crippen molar-refractivity contribution in [3.05, 3.63) is 58.9 Å². The zero-order valence-corrected chi connectivity index (χ0v) is 13.5. The number of benzene rings is 2. The van der Waals surface area contributed by atoms with Crippen molar-refractivity contribution in [2.45, 2.75) is 6.04 Å². The average molecular weight is 358 g/mol. The highest BCUT2D eigenvalue weighted by atomic mass is 28.3. The third-order valence-corrected chi connectivity index (χ3v) is 5.73. The molecule has 0 radical (unpaired) electrons. The Kier molecular flexibility index (Phi) is 4.14. The van der Waals surface area contributed by atoms with Gasteiger partial charge in [0, 0.05) is 18.7 Å². The van der Waals surface area contributed by atoms with E-state index in [0.717, 1.165) is 0 Å². The van der Waals surface area contributed by atoms with E-state index in [1.54, 1.807) is 35.9 Å². The number of hydrogen-bond donors (Lipinski definition) is 1. The van der Waals surface area contributed by atoms with Gasteiger partial charge < -0.3 is 9.36 Å². The number of nitrogens with zero attached hydrogens (tertiary/aromatic N) is 2. The van der Waals surface area contributed by atoms with E-state index < -0.39 is 49.7 Å². The zero-order chi connectivity index (χ0) is 17.6. The van der Waals surface area contributed by atoms with Gasteiger partial charge in [0.15, 0.2) is 23.3 Å². The number of imidazole rings is 1. The number of halogens is 5. The molecule has 24 heavy (non-hydrogen) atoms. The molecule has 0 aliphatic carbocycles. The summed E-state index contributed by atoms with van der Waals surface area (Å²) in [5.74, 6) is -10.1. The molecule has 0 saturated heterocycles. The van der Waals surface area contributed by atoms with Gasteiger partial charge >= 0.3 is 0 Å². The van der Waals surface area contributed by atoms with Gasteiger partial charge in [-0.15, -0.1) is 0 Å². The Morgan fingerprint density at radius 2 is 1.50 bits per heavy atom. The van der Waals surface area contributed by atoms with Crippen LogP contribution < -0.4 is 5.45 Å². The smallest absolute Gasteiger partial charge is 0.249 e. The van der Waals surface area contributed by atoms with Gasteiger partial charge in [-0.2, -0.15) is 0 Å². The fourth-order valence-electron chi connectivity index (χ4n) is 2.58. The minimum absolute atomic E-state index is 0.195. The average Bonchev–Trinajstić information content (AvgIpc) is 2.92. The lowest BCUT2D eigenvalue weighted by atomic mass is 10.2. The molecule has 0 fully saturated rings. The van der Waals surface area contributed by atoms with Gasteiger partial charge in [0.2, 0.25) is 14.9 Å². The molecule has 3 aromatic rings. The SMILES string of the molecule is Cn1c([Si@@H](O)Cc2c(F)c(F)c(F)c(F)c2F)nc2ccccc21. The first-order valence-corrected chi connectivity index (χ1v) is 8.83. The normalized spacial score (nSPS) is 12.8. The standard InChI is InChI=1S/C15H11F5N2OSi/c1-22-9-5-3-2-4-8(9)21-15(22)24(23)6-7-10(16)12(18)14(20)13(19)11(7)17/h2-5,23-24H,6H2,1H3/t24-/m0/s1. The Balaban J connectivity index is 2.04. The lowest BCUT2D eigenvalue weighted by Gasteiger charge is -2.12. The fourth-order valence-corrected chi connectivity index (χ4v) is 4.38. The van der Waals surface area contributed by atoms with Crippen molar-refractivity contribution in [1.29, 1.82) is 0 Å². The van der Waals surface area contributed by atoms with Crippen molar-refractivity contribution in [2.24, 2.45) is 7.05 Å². The molecule has 3 nitrogen and oxygen atoms in total. The Bertz CT molecular complexity index is 914. The molecule has 1 atom stereocenters. The van der Waals surface area contributed by atoms with Crippen LogP contribution in [0, 0.1) is 29.1 Å². The molecular formula is C15H11F5N2OSi. The van der Waals surface area contributed by atoms with Crippen molar-refractivity contribution in [2.75, 3.05) is 0 Å². The third kappa shape index (κ3) is 2.49. The third-order valence-electron chi connectivity index (χ3n) is 3.82. The Morgan fingerprint density at radius 1 is 0.958 bits per heavy atom. The highest BCUT2D eigenvalue weighted by Gasteiger charge is 2.29. The first-order chi connectivity index (χ1) is 11.3. The summed E-state index contributed by atoms with van der Waals surface area (Å²) in [5.41, 5.74) is 0.438. The second-order valence-electron chi connectivity index (χ2n) is 5.29. The molecule has 0 aliphatic heterocycles. The Morgan fingerprint density at radius 3 is 2.08 bits per heavy atom. The van der Waals surface area contributed by atoms with Crippen LogP contribution in [0.25, 0.3) is 11.0 Å². The van der Waals surface area contributed by atoms with Gasteiger partial charge in [-0.25, -0.2) is 26.9 Å². The van der Waals surface area contributed by atoms with Gasteiger partial charge in [0.05, 0.1) is 11.0 Å². The molecule has 1 N–H and O–H groups in total. The van der Waals surface area contributed by atoms with Gasteiger partial charge in [-0.1, -0.05) is 12.1 Å². The van der Waals surface area contributed by atoms with Crippen LogP contribution in [0.15, 0.2) is 24.3 Å². The van der Waals surface area contributed by atoms with E-state index >= 15 is 0 Å². The van der Waals surface area contributed by atoms with E-state index in [2.05, 4.69) is 4.98 Å². The second-order valence-corrected chi connectivity index (χ2v) is 7.24. The van der Waals surface area contributed by atoms with Crippen LogP contribution in [-0.4, -0.2) is 23.4 Å². The number of aryl methyl sites for hydroxylation is 1. The van der Waals surface area contributed by atoms with Crippen molar-refractivity contribution in [3.8, 4) is 0 Å². The minimum atomic E-state index is -3.10. The van der Waals surface area contributed by atoms with E-state index in [1.807, 2.05) is 0 Å². The van der Waals surface area contributed by atoms with Crippen molar-refractivity contribution in [1.82, 2.24) is 9.55 Å². The summed E-state index contributed by atoms with van der Waals surface area (Å²) in [6.07, 6.45) is 0. The minimum Gasteiger partial charge on any atom is -0.427 e. The van der Waals surface area contributed by atoms with Crippen LogP contribution in [0.4, 0.5) is 22.0 Å². The number of para-hydroxylation sites is 2. The van der Waals surface area contributed by atoms with Crippen LogP contribution in [0.5, 0.6) is 0 Å². The highest BCUT2D eigenvalue weighted by molar-refractivity contribution is 6.64. The van der Waals surface area contributed by atoms with Crippen LogP contribution in [0.2, 0.25) is 0 Å². The quantitative estimate of drug-likeness (QED) is 0.337. The van der Waals surface area contributed by atoms with E-state index in [9.17, 15) is 26.7 Å². The number of fused-ring (bicyclic) bond motifs is 1. The molecule has 0 aliphatic rings. The fraction of sp³-hybridized carbons (Fsp3) is 0.133. The topological polar surface area (TPSA) is 38.0 Å². The first-order valence-electron chi connectivity index (χ1n) is 6.92. The summed E-state index contributed by atoms with van der Waals surface area (Å²) in [6, 6.07) is 6.26. The molecular weight excluding hydrogens is 347 g/mol. The molecule has 0 saturated carbocycles. The lowest BCUT2D eigenvalue weighted by molar-refractivity contribution is 0.371. The molecule has 0 amide bonds.